The molecule has 0 saturated carbocycles. The van der Waals surface area contributed by atoms with Crippen molar-refractivity contribution < 1.29 is 9.53 Å². The summed E-state index contributed by atoms with van der Waals surface area (Å²) in [6.07, 6.45) is 4.59. The summed E-state index contributed by atoms with van der Waals surface area (Å²) in [7, 11) is 0. The van der Waals surface area contributed by atoms with E-state index in [-0.39, 0.29) is 5.97 Å². The summed E-state index contributed by atoms with van der Waals surface area (Å²) in [5.41, 5.74) is 1.46. The lowest BCUT2D eigenvalue weighted by molar-refractivity contribution is -0.142. The van der Waals surface area contributed by atoms with Crippen molar-refractivity contribution in [3.8, 4) is 0 Å². The molecule has 0 unspecified atom stereocenters. The predicted octanol–water partition coefficient (Wildman–Crippen LogP) is 2.54. The zero-order chi connectivity index (χ0) is 9.84. The van der Waals surface area contributed by atoms with Crippen molar-refractivity contribution in [3.05, 3.63) is 11.6 Å². The van der Waals surface area contributed by atoms with Crippen LogP contribution >= 0.6 is 0 Å². The van der Waals surface area contributed by atoms with Gasteiger partial charge in [0.15, 0.2) is 0 Å². The highest BCUT2D eigenvalue weighted by atomic mass is 16.5. The molecule has 0 heterocycles. The monoisotopic (exact) mass is 182 g/mol. The summed E-state index contributed by atoms with van der Waals surface area (Å²) in [5, 5.41) is 0. The molecule has 1 rings (SSSR count). The molecule has 13 heavy (non-hydrogen) atoms. The first-order valence-corrected chi connectivity index (χ1v) is 4.90. The molecule has 0 fully saturated rings. The molecule has 0 aliphatic heterocycles. The Morgan fingerprint density at radius 2 is 2.38 bits per heavy atom. The topological polar surface area (TPSA) is 26.3 Å². The Balaban J connectivity index is 2.40. The molecule has 0 spiro atoms. The number of hydrogen-bond acceptors (Lipinski definition) is 2. The van der Waals surface area contributed by atoms with Gasteiger partial charge in [0.2, 0.25) is 0 Å². The number of rotatable bonds is 2. The highest BCUT2D eigenvalue weighted by Gasteiger charge is 2.20. The number of hydrogen-bond donors (Lipinski definition) is 0. The third-order valence-corrected chi connectivity index (χ3v) is 2.70. The molecule has 0 amide bonds. The van der Waals surface area contributed by atoms with E-state index in [2.05, 4.69) is 19.9 Å². The smallest absolute Gasteiger partial charge is 0.302 e. The fraction of sp³-hybridized carbons (Fsp3) is 0.727. The maximum Gasteiger partial charge on any atom is 0.302 e. The molecule has 0 aromatic heterocycles. The van der Waals surface area contributed by atoms with Crippen LogP contribution in [0.25, 0.3) is 0 Å². The largest absolute Gasteiger partial charge is 0.466 e. The number of allylic oxidation sites excluding steroid dienone is 2. The summed E-state index contributed by atoms with van der Waals surface area (Å²) < 4.78 is 5.02. The Bertz CT molecular complexity index is 218. The van der Waals surface area contributed by atoms with Gasteiger partial charge in [0.25, 0.3) is 0 Å². The van der Waals surface area contributed by atoms with Crippen LogP contribution in [-0.2, 0) is 9.53 Å². The minimum absolute atomic E-state index is 0.168. The third kappa shape index (κ3) is 3.21. The van der Waals surface area contributed by atoms with Gasteiger partial charge in [0, 0.05) is 6.92 Å². The van der Waals surface area contributed by atoms with Crippen LogP contribution < -0.4 is 0 Å². The molecule has 1 aliphatic carbocycles. The number of esters is 1. The van der Waals surface area contributed by atoms with Gasteiger partial charge in [-0.05, 0) is 31.6 Å². The summed E-state index contributed by atoms with van der Waals surface area (Å²) in [6, 6.07) is 0. The molecule has 0 aromatic carbocycles. The van der Waals surface area contributed by atoms with E-state index >= 15 is 0 Å². The molecular weight excluding hydrogens is 164 g/mol. The average Bonchev–Trinajstić information content (AvgIpc) is 2.02. The Hall–Kier alpha value is -0.790. The average molecular weight is 182 g/mol. The number of carbonyl (C=O) groups excluding carboxylic acids is 1. The third-order valence-electron chi connectivity index (χ3n) is 2.70. The Labute approximate surface area is 80.0 Å². The van der Waals surface area contributed by atoms with E-state index in [1.54, 1.807) is 0 Å². The molecule has 2 nitrogen and oxygen atoms in total. The molecule has 0 N–H and O–H groups in total. The predicted molar refractivity (Wildman–Crippen MR) is 52.3 cm³/mol. The van der Waals surface area contributed by atoms with E-state index in [0.29, 0.717) is 18.4 Å². The van der Waals surface area contributed by atoms with Crippen LogP contribution in [0.2, 0.25) is 0 Å². The second kappa shape index (κ2) is 4.45. The normalized spacial score (nSPS) is 28.1. The SMILES string of the molecule is CC(=O)OC[C@@H]1CCC(C)=C[C@H]1C. The minimum atomic E-state index is -0.168. The van der Waals surface area contributed by atoms with Gasteiger partial charge in [-0.1, -0.05) is 18.6 Å². The fourth-order valence-electron chi connectivity index (χ4n) is 1.80. The van der Waals surface area contributed by atoms with E-state index in [1.807, 2.05) is 0 Å². The summed E-state index contributed by atoms with van der Waals surface area (Å²) >= 11 is 0. The van der Waals surface area contributed by atoms with E-state index in [4.69, 9.17) is 4.74 Å². The van der Waals surface area contributed by atoms with Gasteiger partial charge in [-0.2, -0.15) is 0 Å². The van der Waals surface area contributed by atoms with Gasteiger partial charge in [-0.3, -0.25) is 4.79 Å². The van der Waals surface area contributed by atoms with Gasteiger partial charge in [-0.25, -0.2) is 0 Å². The van der Waals surface area contributed by atoms with Crippen molar-refractivity contribution in [2.75, 3.05) is 6.61 Å². The molecule has 2 atom stereocenters. The Morgan fingerprint density at radius 1 is 1.69 bits per heavy atom. The maximum atomic E-state index is 10.6. The van der Waals surface area contributed by atoms with Crippen molar-refractivity contribution >= 4 is 5.97 Å². The van der Waals surface area contributed by atoms with Crippen molar-refractivity contribution in [1.29, 1.82) is 0 Å². The fourth-order valence-corrected chi connectivity index (χ4v) is 1.80. The van der Waals surface area contributed by atoms with Crippen molar-refractivity contribution in [1.82, 2.24) is 0 Å². The second-order valence-corrected chi connectivity index (χ2v) is 3.97. The van der Waals surface area contributed by atoms with Gasteiger partial charge >= 0.3 is 5.97 Å². The second-order valence-electron chi connectivity index (χ2n) is 3.97. The molecule has 2 heteroatoms. The van der Waals surface area contributed by atoms with E-state index < -0.39 is 0 Å². The Kier molecular flexibility index (Phi) is 3.52. The molecule has 0 radical (unpaired) electrons. The molecule has 0 saturated heterocycles. The van der Waals surface area contributed by atoms with Crippen LogP contribution in [0.1, 0.15) is 33.6 Å². The molecular formula is C11H18O2. The van der Waals surface area contributed by atoms with Crippen molar-refractivity contribution in [2.45, 2.75) is 33.6 Å². The van der Waals surface area contributed by atoms with Crippen LogP contribution in [0.4, 0.5) is 0 Å². The van der Waals surface area contributed by atoms with Crippen LogP contribution in [0.15, 0.2) is 11.6 Å². The minimum Gasteiger partial charge on any atom is -0.466 e. The van der Waals surface area contributed by atoms with Gasteiger partial charge < -0.3 is 4.74 Å². The maximum absolute atomic E-state index is 10.6. The van der Waals surface area contributed by atoms with Crippen LogP contribution in [0.5, 0.6) is 0 Å². The van der Waals surface area contributed by atoms with E-state index in [9.17, 15) is 4.79 Å². The lowest BCUT2D eigenvalue weighted by Crippen LogP contribution is -2.21. The van der Waals surface area contributed by atoms with Gasteiger partial charge in [0.1, 0.15) is 0 Å². The van der Waals surface area contributed by atoms with Gasteiger partial charge in [0.05, 0.1) is 6.61 Å². The molecule has 0 bridgehead atoms. The zero-order valence-corrected chi connectivity index (χ0v) is 8.67. The lowest BCUT2D eigenvalue weighted by Gasteiger charge is -2.26. The summed E-state index contributed by atoms with van der Waals surface area (Å²) in [5.74, 6) is 0.902. The number of ether oxygens (including phenoxy) is 1. The Morgan fingerprint density at radius 3 is 2.92 bits per heavy atom. The molecule has 1 aliphatic rings. The van der Waals surface area contributed by atoms with Crippen LogP contribution in [0, 0.1) is 11.8 Å². The van der Waals surface area contributed by atoms with Gasteiger partial charge in [-0.15, -0.1) is 0 Å². The zero-order valence-electron chi connectivity index (χ0n) is 8.67. The lowest BCUT2D eigenvalue weighted by atomic mass is 9.83. The number of carbonyl (C=O) groups is 1. The highest BCUT2D eigenvalue weighted by Crippen LogP contribution is 2.28. The van der Waals surface area contributed by atoms with E-state index in [1.165, 1.54) is 12.5 Å². The first-order chi connectivity index (χ1) is 6.09. The summed E-state index contributed by atoms with van der Waals surface area (Å²) in [4.78, 5) is 10.6. The summed E-state index contributed by atoms with van der Waals surface area (Å²) in [6.45, 7) is 6.41. The van der Waals surface area contributed by atoms with Crippen LogP contribution in [-0.4, -0.2) is 12.6 Å². The van der Waals surface area contributed by atoms with Crippen molar-refractivity contribution in [2.24, 2.45) is 11.8 Å². The van der Waals surface area contributed by atoms with E-state index in [0.717, 1.165) is 12.8 Å². The standard InChI is InChI=1S/C11H18O2/c1-8-4-5-11(9(2)6-8)7-13-10(3)12/h6,9,11H,4-5,7H2,1-3H3/t9-,11+/m1/s1. The van der Waals surface area contributed by atoms with Crippen LogP contribution in [0.3, 0.4) is 0 Å². The molecule has 74 valence electrons. The highest BCUT2D eigenvalue weighted by molar-refractivity contribution is 5.65. The van der Waals surface area contributed by atoms with Crippen molar-refractivity contribution in [3.63, 3.8) is 0 Å². The quantitative estimate of drug-likeness (QED) is 0.484. The first kappa shape index (κ1) is 10.3. The first-order valence-electron chi connectivity index (χ1n) is 4.90. The molecule has 0 aromatic rings.